The Balaban J connectivity index is 1.93. The van der Waals surface area contributed by atoms with Gasteiger partial charge in [0.1, 0.15) is 5.82 Å². The van der Waals surface area contributed by atoms with Gasteiger partial charge in [-0.1, -0.05) is 12.1 Å². The fourth-order valence-corrected chi connectivity index (χ4v) is 2.43. The maximum atomic E-state index is 13.1. The number of morpholine rings is 1. The molecule has 0 radical (unpaired) electrons. The minimum atomic E-state index is -0.274. The number of rotatable bonds is 4. The zero-order chi connectivity index (χ0) is 14.5. The minimum Gasteiger partial charge on any atom is -0.379 e. The second-order valence-corrected chi connectivity index (χ2v) is 5.15. The third kappa shape index (κ3) is 3.77. The number of likely N-dealkylation sites (N-methyl/N-ethyl adjacent to an activating group) is 1. The summed E-state index contributed by atoms with van der Waals surface area (Å²) in [4.78, 5) is 16.1. The summed E-state index contributed by atoms with van der Waals surface area (Å²) in [6.45, 7) is 5.24. The second kappa shape index (κ2) is 6.81. The van der Waals surface area contributed by atoms with Crippen LogP contribution in [0.4, 0.5) is 4.39 Å². The molecule has 1 amide bonds. The van der Waals surface area contributed by atoms with E-state index >= 15 is 0 Å². The molecule has 0 N–H and O–H groups in total. The fraction of sp³-hybridized carbons (Fsp3) is 0.533. The highest BCUT2D eigenvalue weighted by Gasteiger charge is 2.25. The van der Waals surface area contributed by atoms with E-state index in [0.29, 0.717) is 19.8 Å². The molecule has 1 unspecified atom stereocenters. The van der Waals surface area contributed by atoms with Gasteiger partial charge in [0, 0.05) is 26.7 Å². The van der Waals surface area contributed by atoms with Crippen LogP contribution < -0.4 is 0 Å². The highest BCUT2D eigenvalue weighted by molar-refractivity contribution is 5.81. The average Bonchev–Trinajstić information content (AvgIpc) is 2.46. The first kappa shape index (κ1) is 14.9. The average molecular weight is 280 g/mol. The van der Waals surface area contributed by atoms with Crippen molar-refractivity contribution in [2.45, 2.75) is 19.5 Å². The Morgan fingerprint density at radius 2 is 2.15 bits per heavy atom. The largest absolute Gasteiger partial charge is 0.379 e. The van der Waals surface area contributed by atoms with E-state index in [-0.39, 0.29) is 17.8 Å². The summed E-state index contributed by atoms with van der Waals surface area (Å²) in [5.41, 5.74) is 0.801. The zero-order valence-corrected chi connectivity index (χ0v) is 12.0. The molecule has 0 saturated carbocycles. The maximum absolute atomic E-state index is 13.1. The number of hydrogen-bond acceptors (Lipinski definition) is 3. The van der Waals surface area contributed by atoms with Crippen LogP contribution in [-0.4, -0.2) is 55.1 Å². The van der Waals surface area contributed by atoms with Crippen molar-refractivity contribution in [3.05, 3.63) is 35.6 Å². The van der Waals surface area contributed by atoms with E-state index in [1.165, 1.54) is 12.1 Å². The molecule has 0 bridgehead atoms. The number of carbonyl (C=O) groups excluding carboxylic acids is 1. The summed E-state index contributed by atoms with van der Waals surface area (Å²) in [5.74, 6) is -0.222. The van der Waals surface area contributed by atoms with E-state index in [4.69, 9.17) is 4.74 Å². The third-order valence-corrected chi connectivity index (χ3v) is 3.64. The molecule has 5 heteroatoms. The molecule has 0 aromatic heterocycles. The molecule has 20 heavy (non-hydrogen) atoms. The van der Waals surface area contributed by atoms with Crippen molar-refractivity contribution in [2.75, 3.05) is 33.4 Å². The molecule has 4 nitrogen and oxygen atoms in total. The summed E-state index contributed by atoms with van der Waals surface area (Å²) >= 11 is 0. The first-order valence-electron chi connectivity index (χ1n) is 6.89. The lowest BCUT2D eigenvalue weighted by Crippen LogP contribution is -2.49. The normalized spacial score (nSPS) is 17.8. The number of carbonyl (C=O) groups is 1. The Morgan fingerprint density at radius 1 is 1.45 bits per heavy atom. The van der Waals surface area contributed by atoms with Crippen LogP contribution in [0.15, 0.2) is 24.3 Å². The fourth-order valence-electron chi connectivity index (χ4n) is 2.43. The van der Waals surface area contributed by atoms with E-state index in [0.717, 1.165) is 18.7 Å². The molecule has 1 aliphatic heterocycles. The van der Waals surface area contributed by atoms with Gasteiger partial charge in [0.05, 0.1) is 19.3 Å². The van der Waals surface area contributed by atoms with Crippen molar-refractivity contribution >= 4 is 5.91 Å². The summed E-state index contributed by atoms with van der Waals surface area (Å²) in [6.07, 6.45) is 0. The van der Waals surface area contributed by atoms with Crippen LogP contribution in [0.1, 0.15) is 12.5 Å². The van der Waals surface area contributed by atoms with Gasteiger partial charge in [-0.3, -0.25) is 9.69 Å². The van der Waals surface area contributed by atoms with E-state index in [9.17, 15) is 9.18 Å². The van der Waals surface area contributed by atoms with Crippen LogP contribution in [0, 0.1) is 5.82 Å². The van der Waals surface area contributed by atoms with Crippen molar-refractivity contribution in [3.8, 4) is 0 Å². The minimum absolute atomic E-state index is 0.0520. The second-order valence-electron chi connectivity index (χ2n) is 5.15. The van der Waals surface area contributed by atoms with Crippen molar-refractivity contribution in [3.63, 3.8) is 0 Å². The van der Waals surface area contributed by atoms with E-state index < -0.39 is 0 Å². The van der Waals surface area contributed by atoms with Crippen LogP contribution in [0.3, 0.4) is 0 Å². The van der Waals surface area contributed by atoms with Crippen LogP contribution in [0.25, 0.3) is 0 Å². The smallest absolute Gasteiger partial charge is 0.239 e. The molecule has 1 atom stereocenters. The number of amides is 1. The molecule has 1 saturated heterocycles. The van der Waals surface area contributed by atoms with Gasteiger partial charge < -0.3 is 9.64 Å². The number of hydrogen-bond donors (Lipinski definition) is 0. The zero-order valence-electron chi connectivity index (χ0n) is 12.0. The van der Waals surface area contributed by atoms with Crippen LogP contribution in [0.5, 0.6) is 0 Å². The molecule has 1 aromatic rings. The van der Waals surface area contributed by atoms with Crippen LogP contribution in [0.2, 0.25) is 0 Å². The Kier molecular flexibility index (Phi) is 5.09. The van der Waals surface area contributed by atoms with E-state index in [1.54, 1.807) is 18.0 Å². The predicted octanol–water partition coefficient (Wildman–Crippen LogP) is 1.50. The highest BCUT2D eigenvalue weighted by atomic mass is 19.1. The van der Waals surface area contributed by atoms with Gasteiger partial charge in [-0.05, 0) is 24.6 Å². The molecule has 1 aromatic carbocycles. The lowest BCUT2D eigenvalue weighted by Gasteiger charge is -2.33. The molecule has 110 valence electrons. The third-order valence-electron chi connectivity index (χ3n) is 3.64. The Hall–Kier alpha value is -1.46. The molecule has 1 aliphatic rings. The van der Waals surface area contributed by atoms with E-state index in [2.05, 4.69) is 4.90 Å². The SMILES string of the molecule is CC(C(=O)N(C)Cc1cccc(F)c1)N1CCOCC1. The number of ether oxygens (including phenoxy) is 1. The standard InChI is InChI=1S/C15H21FN2O2/c1-12(18-6-8-20-9-7-18)15(19)17(2)11-13-4-3-5-14(16)10-13/h3-5,10,12H,6-9,11H2,1-2H3. The van der Waals surface area contributed by atoms with Gasteiger partial charge >= 0.3 is 0 Å². The Morgan fingerprint density at radius 3 is 2.80 bits per heavy atom. The van der Waals surface area contributed by atoms with Gasteiger partial charge in [0.25, 0.3) is 0 Å². The monoisotopic (exact) mass is 280 g/mol. The summed E-state index contributed by atoms with van der Waals surface area (Å²) < 4.78 is 18.4. The maximum Gasteiger partial charge on any atom is 0.239 e. The molecule has 0 spiro atoms. The molecule has 1 fully saturated rings. The van der Waals surface area contributed by atoms with Gasteiger partial charge in [-0.2, -0.15) is 0 Å². The number of benzene rings is 1. The van der Waals surface area contributed by atoms with Gasteiger partial charge in [0.15, 0.2) is 0 Å². The molecule has 0 aliphatic carbocycles. The van der Waals surface area contributed by atoms with Crippen molar-refractivity contribution in [1.82, 2.24) is 9.80 Å². The Labute approximate surface area is 119 Å². The molecule has 1 heterocycles. The summed E-state index contributed by atoms with van der Waals surface area (Å²) in [7, 11) is 1.75. The first-order valence-corrected chi connectivity index (χ1v) is 6.89. The van der Waals surface area contributed by atoms with Crippen molar-refractivity contribution < 1.29 is 13.9 Å². The van der Waals surface area contributed by atoms with Gasteiger partial charge in [-0.25, -0.2) is 4.39 Å². The quantitative estimate of drug-likeness (QED) is 0.838. The Bertz CT molecular complexity index is 461. The van der Waals surface area contributed by atoms with Crippen LogP contribution >= 0.6 is 0 Å². The highest BCUT2D eigenvalue weighted by Crippen LogP contribution is 2.10. The number of nitrogens with zero attached hydrogens (tertiary/aromatic N) is 2. The first-order chi connectivity index (χ1) is 9.58. The van der Waals surface area contributed by atoms with E-state index in [1.807, 2.05) is 13.0 Å². The number of halogens is 1. The topological polar surface area (TPSA) is 32.8 Å². The van der Waals surface area contributed by atoms with Crippen molar-refractivity contribution in [1.29, 1.82) is 0 Å². The summed E-state index contributed by atoms with van der Waals surface area (Å²) in [6, 6.07) is 6.18. The van der Waals surface area contributed by atoms with Crippen LogP contribution in [-0.2, 0) is 16.1 Å². The van der Waals surface area contributed by atoms with Crippen molar-refractivity contribution in [2.24, 2.45) is 0 Å². The lowest BCUT2D eigenvalue weighted by atomic mass is 10.2. The summed E-state index contributed by atoms with van der Waals surface area (Å²) in [5, 5.41) is 0. The molecular weight excluding hydrogens is 259 g/mol. The molecule has 2 rings (SSSR count). The van der Waals surface area contributed by atoms with Gasteiger partial charge in [-0.15, -0.1) is 0 Å². The van der Waals surface area contributed by atoms with Gasteiger partial charge in [0.2, 0.25) is 5.91 Å². The molecular formula is C15H21FN2O2. The predicted molar refractivity (Wildman–Crippen MR) is 74.7 cm³/mol. The lowest BCUT2D eigenvalue weighted by molar-refractivity contribution is -0.137.